The molecule has 0 aromatic heterocycles. The van der Waals surface area contributed by atoms with Crippen LogP contribution >= 0.6 is 0 Å². The maximum atomic E-state index is 14.6. The predicted molar refractivity (Wildman–Crippen MR) is 126 cm³/mol. The van der Waals surface area contributed by atoms with Gasteiger partial charge in [-0.25, -0.2) is 4.39 Å². The maximum absolute atomic E-state index is 14.6. The number of rotatable bonds is 3. The number of benzene rings is 3. The fourth-order valence-electron chi connectivity index (χ4n) is 6.81. The predicted octanol–water partition coefficient (Wildman–Crippen LogP) is 4.46. The first-order valence-corrected chi connectivity index (χ1v) is 12.0. The number of carbonyl (C=O) groups excluding carboxylic acids is 2. The Kier molecular flexibility index (Phi) is 4.36. The van der Waals surface area contributed by atoms with E-state index in [4.69, 9.17) is 9.47 Å². The molecule has 3 aromatic carbocycles. The average molecular weight is 471 g/mol. The van der Waals surface area contributed by atoms with Crippen LogP contribution in [-0.4, -0.2) is 36.0 Å². The summed E-state index contributed by atoms with van der Waals surface area (Å²) in [4.78, 5) is 30.6. The molecule has 1 N–H and O–H groups in total. The summed E-state index contributed by atoms with van der Waals surface area (Å²) in [7, 11) is 0. The molecule has 1 spiro atoms. The second-order valence-electron chi connectivity index (χ2n) is 9.66. The van der Waals surface area contributed by atoms with E-state index in [0.717, 1.165) is 18.4 Å². The van der Waals surface area contributed by atoms with Gasteiger partial charge in [-0.05, 0) is 61.3 Å². The van der Waals surface area contributed by atoms with Crippen molar-refractivity contribution in [1.82, 2.24) is 4.90 Å². The average Bonchev–Trinajstić information content (AvgIpc) is 3.63. The summed E-state index contributed by atoms with van der Waals surface area (Å²) >= 11 is 0. The number of fused-ring (bicyclic) bond motifs is 5. The lowest BCUT2D eigenvalue weighted by atomic mass is 9.68. The molecule has 176 valence electrons. The molecule has 3 aromatic rings. The van der Waals surface area contributed by atoms with Crippen LogP contribution in [0.5, 0.6) is 11.5 Å². The first-order chi connectivity index (χ1) is 17.1. The summed E-state index contributed by atoms with van der Waals surface area (Å²) in [5.74, 6) is -0.694. The molecule has 4 aliphatic heterocycles. The minimum Gasteiger partial charge on any atom is -0.454 e. The highest BCUT2D eigenvalue weighted by molar-refractivity contribution is 6.12. The highest BCUT2D eigenvalue weighted by atomic mass is 19.1. The molecule has 0 saturated carbocycles. The Balaban J connectivity index is 1.47. The van der Waals surface area contributed by atoms with Crippen molar-refractivity contribution in [2.45, 2.75) is 30.3 Å². The van der Waals surface area contributed by atoms with E-state index in [-0.39, 0.29) is 30.4 Å². The van der Waals surface area contributed by atoms with Crippen molar-refractivity contribution in [3.05, 3.63) is 89.2 Å². The molecule has 2 fully saturated rings. The highest BCUT2D eigenvalue weighted by Crippen LogP contribution is 2.61. The first kappa shape index (κ1) is 20.6. The fourth-order valence-corrected chi connectivity index (χ4v) is 6.81. The first-order valence-electron chi connectivity index (χ1n) is 12.0. The van der Waals surface area contributed by atoms with Gasteiger partial charge in [-0.1, -0.05) is 30.3 Å². The largest absolute Gasteiger partial charge is 0.454 e. The molecule has 4 atom stereocenters. The van der Waals surface area contributed by atoms with Gasteiger partial charge in [-0.2, -0.15) is 0 Å². The van der Waals surface area contributed by atoms with E-state index in [1.54, 1.807) is 24.3 Å². The highest BCUT2D eigenvalue weighted by Gasteiger charge is 2.69. The summed E-state index contributed by atoms with van der Waals surface area (Å²) in [5.41, 5.74) is 1.30. The van der Waals surface area contributed by atoms with E-state index in [1.807, 2.05) is 30.3 Å². The van der Waals surface area contributed by atoms with Crippen LogP contribution < -0.4 is 14.8 Å². The number of halogens is 1. The third-order valence-corrected chi connectivity index (χ3v) is 8.09. The number of nitrogens with one attached hydrogen (secondary N) is 1. The molecule has 4 aliphatic rings. The van der Waals surface area contributed by atoms with Crippen molar-refractivity contribution < 1.29 is 23.5 Å². The standard InChI is InChI=1S/C28H23FN2O4/c29-18-9-10-20-19(14-18)28(27(33)30-20)25(26(32)17-8-11-22-23(13-17)35-15-34-22)24(16-5-2-1-3-6-16)21-7-4-12-31(21)28/h1-3,5-6,8-11,13-14,21,24-25H,4,7,12,15H2,(H,30,33)/t21-,24-,25+,28-/m1/s1. The molecule has 4 heterocycles. The molecular formula is C28H23FN2O4. The van der Waals surface area contributed by atoms with Crippen molar-refractivity contribution in [1.29, 1.82) is 0 Å². The number of ketones is 1. The molecule has 7 heteroatoms. The van der Waals surface area contributed by atoms with Gasteiger partial charge in [-0.3, -0.25) is 14.5 Å². The SMILES string of the molecule is O=C(c1ccc2c(c1)OCO2)[C@@H]1[C@H](c2ccccc2)[C@H]2CCCN2[C@@]12C(=O)Nc1ccc(F)cc12. The minimum atomic E-state index is -1.29. The summed E-state index contributed by atoms with van der Waals surface area (Å²) in [6.07, 6.45) is 1.78. The number of Topliss-reactive ketones (excluding diaryl/α,β-unsaturated/α-hetero) is 1. The normalized spacial score (nSPS) is 28.3. The fraction of sp³-hybridized carbons (Fsp3) is 0.286. The minimum absolute atomic E-state index is 0.0136. The second kappa shape index (κ2) is 7.39. The van der Waals surface area contributed by atoms with Crippen molar-refractivity contribution in [2.24, 2.45) is 5.92 Å². The van der Waals surface area contributed by atoms with E-state index in [2.05, 4.69) is 10.2 Å². The van der Waals surface area contributed by atoms with Gasteiger partial charge in [0.05, 0.1) is 5.92 Å². The van der Waals surface area contributed by atoms with Crippen LogP contribution in [0.3, 0.4) is 0 Å². The van der Waals surface area contributed by atoms with E-state index in [1.165, 1.54) is 12.1 Å². The van der Waals surface area contributed by atoms with Crippen LogP contribution in [0.15, 0.2) is 66.7 Å². The molecule has 7 rings (SSSR count). The van der Waals surface area contributed by atoms with E-state index in [0.29, 0.717) is 34.9 Å². The van der Waals surface area contributed by atoms with Crippen molar-refractivity contribution in [3.8, 4) is 11.5 Å². The Morgan fingerprint density at radius 2 is 1.86 bits per heavy atom. The Bertz CT molecular complexity index is 1380. The van der Waals surface area contributed by atoms with E-state index < -0.39 is 17.3 Å². The topological polar surface area (TPSA) is 67.9 Å². The molecule has 1 amide bonds. The van der Waals surface area contributed by atoms with Gasteiger partial charge >= 0.3 is 0 Å². The smallest absolute Gasteiger partial charge is 0.250 e. The number of ether oxygens (including phenoxy) is 2. The lowest BCUT2D eigenvalue weighted by molar-refractivity contribution is -0.127. The number of carbonyl (C=O) groups is 2. The van der Waals surface area contributed by atoms with Gasteiger partial charge in [-0.15, -0.1) is 0 Å². The number of hydrogen-bond donors (Lipinski definition) is 1. The summed E-state index contributed by atoms with van der Waals surface area (Å²) in [6, 6.07) is 19.4. The Morgan fingerprint density at radius 1 is 1.03 bits per heavy atom. The zero-order chi connectivity index (χ0) is 23.7. The van der Waals surface area contributed by atoms with Crippen molar-refractivity contribution in [3.63, 3.8) is 0 Å². The van der Waals surface area contributed by atoms with Gasteiger partial charge in [0, 0.05) is 28.8 Å². The number of hydrogen-bond acceptors (Lipinski definition) is 5. The zero-order valence-electron chi connectivity index (χ0n) is 18.9. The number of amides is 1. The lowest BCUT2D eigenvalue weighted by Crippen LogP contribution is -2.52. The van der Waals surface area contributed by atoms with E-state index >= 15 is 0 Å². The summed E-state index contributed by atoms with van der Waals surface area (Å²) in [6.45, 7) is 0.778. The van der Waals surface area contributed by atoms with Crippen LogP contribution in [-0.2, 0) is 10.3 Å². The molecule has 0 aliphatic carbocycles. The molecule has 35 heavy (non-hydrogen) atoms. The van der Waals surface area contributed by atoms with Gasteiger partial charge in [0.15, 0.2) is 17.3 Å². The quantitative estimate of drug-likeness (QED) is 0.573. The summed E-state index contributed by atoms with van der Waals surface area (Å²) in [5, 5.41) is 2.98. The van der Waals surface area contributed by atoms with Gasteiger partial charge in [0.2, 0.25) is 12.7 Å². The van der Waals surface area contributed by atoms with Gasteiger partial charge in [0.1, 0.15) is 11.4 Å². The van der Waals surface area contributed by atoms with Crippen LogP contribution in [0, 0.1) is 11.7 Å². The van der Waals surface area contributed by atoms with Crippen LogP contribution in [0.2, 0.25) is 0 Å². The molecule has 6 nitrogen and oxygen atoms in total. The molecule has 0 bridgehead atoms. The van der Waals surface area contributed by atoms with Gasteiger partial charge < -0.3 is 14.8 Å². The maximum Gasteiger partial charge on any atom is 0.250 e. The molecule has 0 radical (unpaired) electrons. The molecule has 2 saturated heterocycles. The lowest BCUT2D eigenvalue weighted by Gasteiger charge is -2.36. The van der Waals surface area contributed by atoms with Crippen LogP contribution in [0.25, 0.3) is 0 Å². The number of anilines is 1. The monoisotopic (exact) mass is 470 g/mol. The molecule has 0 unspecified atom stereocenters. The van der Waals surface area contributed by atoms with Crippen molar-refractivity contribution in [2.75, 3.05) is 18.7 Å². The third-order valence-electron chi connectivity index (χ3n) is 8.09. The zero-order valence-corrected chi connectivity index (χ0v) is 18.9. The van der Waals surface area contributed by atoms with Gasteiger partial charge in [0.25, 0.3) is 0 Å². The molecular weight excluding hydrogens is 447 g/mol. The Morgan fingerprint density at radius 3 is 2.71 bits per heavy atom. The van der Waals surface area contributed by atoms with Crippen LogP contribution in [0.4, 0.5) is 10.1 Å². The number of nitrogens with zero attached hydrogens (tertiary/aromatic N) is 1. The van der Waals surface area contributed by atoms with Crippen LogP contribution in [0.1, 0.15) is 40.2 Å². The summed E-state index contributed by atoms with van der Waals surface area (Å²) < 4.78 is 25.6. The second-order valence-corrected chi connectivity index (χ2v) is 9.66. The van der Waals surface area contributed by atoms with Crippen molar-refractivity contribution >= 4 is 17.4 Å². The third kappa shape index (κ3) is 2.73. The Hall–Kier alpha value is -3.71. The Labute approximate surface area is 201 Å². The van der Waals surface area contributed by atoms with E-state index in [9.17, 15) is 14.0 Å².